The van der Waals surface area contributed by atoms with Gasteiger partial charge >= 0.3 is 5.97 Å². The first kappa shape index (κ1) is 16.9. The van der Waals surface area contributed by atoms with E-state index in [0.29, 0.717) is 17.2 Å². The number of carbonyl (C=O) groups is 1. The van der Waals surface area contributed by atoms with E-state index >= 15 is 0 Å². The molecule has 1 N–H and O–H groups in total. The first-order valence-corrected chi connectivity index (χ1v) is 8.36. The second-order valence-electron chi connectivity index (χ2n) is 6.10. The Morgan fingerprint density at radius 3 is 2.70 bits per heavy atom. The summed E-state index contributed by atoms with van der Waals surface area (Å²) in [5, 5.41) is 14.4. The maximum absolute atomic E-state index is 14.5. The number of fused-ring (bicyclic) bond motifs is 1. The number of tetrazole rings is 1. The molecule has 8 heteroatoms. The molecular weight excluding hydrogens is 349 g/mol. The molecule has 0 aliphatic carbocycles. The highest BCUT2D eigenvalue weighted by atomic mass is 19.1. The van der Waals surface area contributed by atoms with Crippen LogP contribution >= 0.6 is 0 Å². The Morgan fingerprint density at radius 2 is 1.93 bits per heavy atom. The Bertz CT molecular complexity index is 1020. The molecule has 0 amide bonds. The zero-order chi connectivity index (χ0) is 18.8. The minimum Gasteiger partial charge on any atom is -0.457 e. The van der Waals surface area contributed by atoms with Gasteiger partial charge < -0.3 is 10.1 Å². The summed E-state index contributed by atoms with van der Waals surface area (Å²) in [7, 11) is 0. The molecule has 1 aliphatic rings. The van der Waals surface area contributed by atoms with Crippen LogP contribution in [0, 0.1) is 5.82 Å². The SMILES string of the molecule is CC1=C(C(=O)OCc2ccccc2)C(c2ccccc2F)n2nnnc2N1. The van der Waals surface area contributed by atoms with Gasteiger partial charge in [-0.2, -0.15) is 4.68 Å². The number of hydrogen-bond acceptors (Lipinski definition) is 6. The van der Waals surface area contributed by atoms with Crippen LogP contribution in [0.5, 0.6) is 0 Å². The normalized spacial score (nSPS) is 15.9. The summed E-state index contributed by atoms with van der Waals surface area (Å²) >= 11 is 0. The molecule has 0 saturated carbocycles. The summed E-state index contributed by atoms with van der Waals surface area (Å²) in [6.07, 6.45) is 0. The number of aromatic nitrogens is 4. The van der Waals surface area contributed by atoms with Crippen molar-refractivity contribution >= 4 is 11.9 Å². The summed E-state index contributed by atoms with van der Waals surface area (Å²) in [5.74, 6) is -0.675. The summed E-state index contributed by atoms with van der Waals surface area (Å²) in [5.41, 5.74) is 1.93. The summed E-state index contributed by atoms with van der Waals surface area (Å²) in [6.45, 7) is 1.83. The average molecular weight is 365 g/mol. The summed E-state index contributed by atoms with van der Waals surface area (Å²) in [4.78, 5) is 12.9. The van der Waals surface area contributed by atoms with Gasteiger partial charge in [0, 0.05) is 11.3 Å². The lowest BCUT2D eigenvalue weighted by Crippen LogP contribution is -2.30. The highest BCUT2D eigenvalue weighted by molar-refractivity contribution is 5.92. The maximum atomic E-state index is 14.5. The van der Waals surface area contributed by atoms with Crippen molar-refractivity contribution in [3.63, 3.8) is 0 Å². The van der Waals surface area contributed by atoms with Crippen LogP contribution in [-0.4, -0.2) is 26.2 Å². The summed E-state index contributed by atoms with van der Waals surface area (Å²) < 4.78 is 21.4. The van der Waals surface area contributed by atoms with Crippen LogP contribution in [0.1, 0.15) is 24.1 Å². The van der Waals surface area contributed by atoms with Gasteiger partial charge in [0.2, 0.25) is 5.95 Å². The van der Waals surface area contributed by atoms with E-state index in [2.05, 4.69) is 20.8 Å². The van der Waals surface area contributed by atoms with Gasteiger partial charge in [-0.15, -0.1) is 0 Å². The van der Waals surface area contributed by atoms with Crippen LogP contribution in [0.25, 0.3) is 0 Å². The number of benzene rings is 2. The van der Waals surface area contributed by atoms with Crippen molar-refractivity contribution in [2.45, 2.75) is 19.6 Å². The minimum absolute atomic E-state index is 0.114. The molecule has 0 radical (unpaired) electrons. The van der Waals surface area contributed by atoms with E-state index in [4.69, 9.17) is 4.74 Å². The zero-order valence-electron chi connectivity index (χ0n) is 14.5. The second kappa shape index (κ2) is 6.99. The van der Waals surface area contributed by atoms with Crippen molar-refractivity contribution in [2.24, 2.45) is 0 Å². The lowest BCUT2D eigenvalue weighted by molar-refractivity contribution is -0.140. The molecule has 3 aromatic rings. The number of nitrogens with one attached hydrogen (secondary N) is 1. The zero-order valence-corrected chi connectivity index (χ0v) is 14.5. The van der Waals surface area contributed by atoms with E-state index < -0.39 is 17.8 Å². The Hall–Kier alpha value is -3.55. The lowest BCUT2D eigenvalue weighted by atomic mass is 9.95. The number of carbonyl (C=O) groups excluding carboxylic acids is 1. The molecule has 2 heterocycles. The third kappa shape index (κ3) is 3.17. The average Bonchev–Trinajstić information content (AvgIpc) is 3.14. The largest absolute Gasteiger partial charge is 0.457 e. The molecule has 0 fully saturated rings. The fourth-order valence-corrected chi connectivity index (χ4v) is 3.06. The van der Waals surface area contributed by atoms with Gasteiger partial charge in [-0.1, -0.05) is 53.6 Å². The van der Waals surface area contributed by atoms with Crippen LogP contribution < -0.4 is 5.32 Å². The van der Waals surface area contributed by atoms with Crippen molar-refractivity contribution in [3.8, 4) is 0 Å². The van der Waals surface area contributed by atoms with Crippen molar-refractivity contribution in [1.82, 2.24) is 20.2 Å². The van der Waals surface area contributed by atoms with Gasteiger partial charge in [-0.25, -0.2) is 9.18 Å². The predicted octanol–water partition coefficient (Wildman–Crippen LogP) is 2.84. The highest BCUT2D eigenvalue weighted by Gasteiger charge is 2.36. The standard InChI is InChI=1S/C19H16FN5O2/c1-12-16(18(26)27-11-13-7-3-2-4-8-13)17(14-9-5-6-10-15(14)20)25-19(21-12)22-23-24-25/h2-10,17H,11H2,1H3,(H,21,22,24). The minimum atomic E-state index is -0.819. The Balaban J connectivity index is 1.70. The van der Waals surface area contributed by atoms with E-state index in [0.717, 1.165) is 5.56 Å². The molecule has 1 aliphatic heterocycles. The Kier molecular flexibility index (Phi) is 4.37. The van der Waals surface area contributed by atoms with Crippen molar-refractivity contribution in [3.05, 3.63) is 82.8 Å². The van der Waals surface area contributed by atoms with Gasteiger partial charge in [0.15, 0.2) is 0 Å². The van der Waals surface area contributed by atoms with Crippen molar-refractivity contribution in [2.75, 3.05) is 5.32 Å². The number of allylic oxidation sites excluding steroid dienone is 1. The monoisotopic (exact) mass is 365 g/mol. The molecular formula is C19H16FN5O2. The third-order valence-electron chi connectivity index (χ3n) is 4.35. The molecule has 0 saturated heterocycles. The number of halogens is 1. The molecule has 2 aromatic carbocycles. The van der Waals surface area contributed by atoms with Crippen molar-refractivity contribution in [1.29, 1.82) is 0 Å². The lowest BCUT2D eigenvalue weighted by Gasteiger charge is -2.27. The van der Waals surface area contributed by atoms with Crippen LogP contribution in [-0.2, 0) is 16.1 Å². The topological polar surface area (TPSA) is 81.9 Å². The van der Waals surface area contributed by atoms with Crippen LogP contribution in [0.15, 0.2) is 65.9 Å². The molecule has 0 spiro atoms. The van der Waals surface area contributed by atoms with Gasteiger partial charge in [-0.05, 0) is 29.0 Å². The van der Waals surface area contributed by atoms with Gasteiger partial charge in [-0.3, -0.25) is 0 Å². The first-order valence-electron chi connectivity index (χ1n) is 8.36. The van der Waals surface area contributed by atoms with Gasteiger partial charge in [0.05, 0.1) is 5.57 Å². The number of hydrogen-bond donors (Lipinski definition) is 1. The Labute approximate surface area is 154 Å². The summed E-state index contributed by atoms with van der Waals surface area (Å²) in [6, 6.07) is 14.8. The fraction of sp³-hybridized carbons (Fsp3) is 0.158. The molecule has 1 unspecified atom stereocenters. The van der Waals surface area contributed by atoms with E-state index in [1.54, 1.807) is 25.1 Å². The molecule has 27 heavy (non-hydrogen) atoms. The van der Waals surface area contributed by atoms with E-state index in [-0.39, 0.29) is 12.2 Å². The van der Waals surface area contributed by atoms with Crippen LogP contribution in [0.4, 0.5) is 10.3 Å². The van der Waals surface area contributed by atoms with E-state index in [1.165, 1.54) is 10.7 Å². The predicted molar refractivity (Wildman–Crippen MR) is 94.9 cm³/mol. The number of esters is 1. The number of nitrogens with zero attached hydrogens (tertiary/aromatic N) is 4. The first-order chi connectivity index (χ1) is 13.1. The quantitative estimate of drug-likeness (QED) is 0.716. The number of ether oxygens (including phenoxy) is 1. The fourth-order valence-electron chi connectivity index (χ4n) is 3.06. The van der Waals surface area contributed by atoms with E-state index in [9.17, 15) is 9.18 Å². The Morgan fingerprint density at radius 1 is 1.19 bits per heavy atom. The van der Waals surface area contributed by atoms with Crippen molar-refractivity contribution < 1.29 is 13.9 Å². The number of rotatable bonds is 4. The van der Waals surface area contributed by atoms with Gasteiger partial charge in [0.25, 0.3) is 0 Å². The third-order valence-corrected chi connectivity index (χ3v) is 4.35. The van der Waals surface area contributed by atoms with Crippen LogP contribution in [0.2, 0.25) is 0 Å². The highest BCUT2D eigenvalue weighted by Crippen LogP contribution is 2.35. The molecule has 136 valence electrons. The van der Waals surface area contributed by atoms with Gasteiger partial charge in [0.1, 0.15) is 18.5 Å². The molecule has 0 bridgehead atoms. The molecule has 1 atom stereocenters. The van der Waals surface area contributed by atoms with E-state index in [1.807, 2.05) is 30.3 Å². The second-order valence-corrected chi connectivity index (χ2v) is 6.10. The molecule has 4 rings (SSSR count). The smallest absolute Gasteiger partial charge is 0.338 e. The van der Waals surface area contributed by atoms with Crippen LogP contribution in [0.3, 0.4) is 0 Å². The number of anilines is 1. The maximum Gasteiger partial charge on any atom is 0.338 e. The molecule has 1 aromatic heterocycles. The molecule has 7 nitrogen and oxygen atoms in total.